The monoisotopic (exact) mass is 195 g/mol. The van der Waals surface area contributed by atoms with Gasteiger partial charge in [0.05, 0.1) is 0 Å². The van der Waals surface area contributed by atoms with Crippen LogP contribution in [0.5, 0.6) is 0 Å². The van der Waals surface area contributed by atoms with Gasteiger partial charge >= 0.3 is 0 Å². The third-order valence-corrected chi connectivity index (χ3v) is 4.06. The fourth-order valence-corrected chi connectivity index (χ4v) is 3.25. The highest BCUT2D eigenvalue weighted by Gasteiger charge is 2.19. The molecule has 0 aromatic heterocycles. The highest BCUT2D eigenvalue weighted by molar-refractivity contribution is 8.03. The molecular formula is C11H17NS. The molecule has 1 nitrogen and oxygen atoms in total. The van der Waals surface area contributed by atoms with Gasteiger partial charge in [-0.3, -0.25) is 0 Å². The standard InChI is InChI=1S/C11H17NS/c1-9-3-2-4-11(13-9)10-5-7-12-8-6-10/h3,5,11-12H,2,4,6-8H2,1H3. The third-order valence-electron chi connectivity index (χ3n) is 2.70. The van der Waals surface area contributed by atoms with Crippen molar-refractivity contribution < 1.29 is 0 Å². The fraction of sp³-hybridized carbons (Fsp3) is 0.636. The summed E-state index contributed by atoms with van der Waals surface area (Å²) in [6.07, 6.45) is 8.62. The van der Waals surface area contributed by atoms with Crippen LogP contribution < -0.4 is 5.32 Å². The van der Waals surface area contributed by atoms with Gasteiger partial charge in [0.25, 0.3) is 0 Å². The molecule has 0 saturated heterocycles. The molecule has 2 rings (SSSR count). The van der Waals surface area contributed by atoms with Crippen molar-refractivity contribution in [3.8, 4) is 0 Å². The first-order valence-corrected chi connectivity index (χ1v) is 5.97. The van der Waals surface area contributed by atoms with Gasteiger partial charge in [-0.15, -0.1) is 11.8 Å². The normalized spacial score (nSPS) is 29.5. The van der Waals surface area contributed by atoms with E-state index in [1.54, 1.807) is 5.57 Å². The first-order valence-electron chi connectivity index (χ1n) is 5.09. The van der Waals surface area contributed by atoms with E-state index >= 15 is 0 Å². The summed E-state index contributed by atoms with van der Waals surface area (Å²) in [5.74, 6) is 0. The maximum Gasteiger partial charge on any atom is 0.0304 e. The number of hydrogen-bond donors (Lipinski definition) is 1. The molecule has 0 saturated carbocycles. The molecule has 0 amide bonds. The van der Waals surface area contributed by atoms with E-state index < -0.39 is 0 Å². The molecule has 0 bridgehead atoms. The van der Waals surface area contributed by atoms with Crippen molar-refractivity contribution in [1.29, 1.82) is 0 Å². The van der Waals surface area contributed by atoms with Crippen LogP contribution in [-0.2, 0) is 0 Å². The molecule has 0 spiro atoms. The molecule has 0 aliphatic carbocycles. The topological polar surface area (TPSA) is 12.0 Å². The zero-order valence-corrected chi connectivity index (χ0v) is 8.99. The number of nitrogens with one attached hydrogen (secondary N) is 1. The van der Waals surface area contributed by atoms with E-state index in [9.17, 15) is 0 Å². The van der Waals surface area contributed by atoms with Crippen molar-refractivity contribution in [3.05, 3.63) is 22.6 Å². The lowest BCUT2D eigenvalue weighted by molar-refractivity contribution is 0.671. The number of rotatable bonds is 1. The van der Waals surface area contributed by atoms with Crippen molar-refractivity contribution in [2.75, 3.05) is 13.1 Å². The first-order chi connectivity index (χ1) is 6.36. The molecule has 0 aromatic rings. The second-order valence-electron chi connectivity index (χ2n) is 3.73. The highest BCUT2D eigenvalue weighted by Crippen LogP contribution is 2.36. The van der Waals surface area contributed by atoms with Crippen LogP contribution >= 0.6 is 11.8 Å². The molecule has 0 aromatic carbocycles. The second kappa shape index (κ2) is 4.34. The van der Waals surface area contributed by atoms with Gasteiger partial charge in [-0.1, -0.05) is 17.7 Å². The lowest BCUT2D eigenvalue weighted by atomic mass is 10.0. The van der Waals surface area contributed by atoms with Crippen LogP contribution in [0.2, 0.25) is 0 Å². The maximum absolute atomic E-state index is 3.36. The summed E-state index contributed by atoms with van der Waals surface area (Å²) in [4.78, 5) is 1.51. The molecule has 0 fully saturated rings. The van der Waals surface area contributed by atoms with Gasteiger partial charge in [0, 0.05) is 11.8 Å². The quantitative estimate of drug-likeness (QED) is 0.646. The predicted molar refractivity (Wildman–Crippen MR) is 59.9 cm³/mol. The van der Waals surface area contributed by atoms with E-state index in [-0.39, 0.29) is 0 Å². The molecule has 13 heavy (non-hydrogen) atoms. The summed E-state index contributed by atoms with van der Waals surface area (Å²) in [7, 11) is 0. The van der Waals surface area contributed by atoms with E-state index in [0.717, 1.165) is 11.8 Å². The number of thioether (sulfide) groups is 1. The Morgan fingerprint density at radius 1 is 1.46 bits per heavy atom. The SMILES string of the molecule is CC1=CCCC(C2=CCNCC2)S1. The second-order valence-corrected chi connectivity index (χ2v) is 5.18. The summed E-state index contributed by atoms with van der Waals surface area (Å²) in [6, 6.07) is 0. The summed E-state index contributed by atoms with van der Waals surface area (Å²) < 4.78 is 0. The molecule has 2 aliphatic rings. The highest BCUT2D eigenvalue weighted by atomic mass is 32.2. The van der Waals surface area contributed by atoms with Crippen molar-refractivity contribution in [1.82, 2.24) is 5.32 Å². The average Bonchev–Trinajstić information content (AvgIpc) is 2.19. The summed E-state index contributed by atoms with van der Waals surface area (Å²) in [5, 5.41) is 4.15. The number of allylic oxidation sites excluding steroid dienone is 2. The Labute approximate surface area is 84.7 Å². The summed E-state index contributed by atoms with van der Waals surface area (Å²) in [5.41, 5.74) is 1.68. The summed E-state index contributed by atoms with van der Waals surface area (Å²) in [6.45, 7) is 4.49. The van der Waals surface area contributed by atoms with Gasteiger partial charge < -0.3 is 5.32 Å². The Bertz CT molecular complexity index is 242. The van der Waals surface area contributed by atoms with Crippen LogP contribution in [0.25, 0.3) is 0 Å². The molecule has 2 heterocycles. The van der Waals surface area contributed by atoms with Crippen molar-refractivity contribution in [2.24, 2.45) is 0 Å². The zero-order chi connectivity index (χ0) is 9.10. The van der Waals surface area contributed by atoms with Gasteiger partial charge in [-0.2, -0.15) is 0 Å². The van der Waals surface area contributed by atoms with Gasteiger partial charge in [0.1, 0.15) is 0 Å². The first kappa shape index (κ1) is 9.35. The third kappa shape index (κ3) is 2.38. The van der Waals surface area contributed by atoms with Crippen LogP contribution in [0.15, 0.2) is 22.6 Å². The molecule has 2 aliphatic heterocycles. The minimum Gasteiger partial charge on any atom is -0.313 e. The molecule has 72 valence electrons. The Morgan fingerprint density at radius 3 is 3.08 bits per heavy atom. The van der Waals surface area contributed by atoms with Gasteiger partial charge in [-0.25, -0.2) is 0 Å². The van der Waals surface area contributed by atoms with Gasteiger partial charge in [-0.05, 0) is 37.6 Å². The van der Waals surface area contributed by atoms with Crippen molar-refractivity contribution >= 4 is 11.8 Å². The molecule has 1 N–H and O–H groups in total. The average molecular weight is 195 g/mol. The number of hydrogen-bond acceptors (Lipinski definition) is 2. The van der Waals surface area contributed by atoms with E-state index in [4.69, 9.17) is 0 Å². The van der Waals surface area contributed by atoms with E-state index in [0.29, 0.717) is 0 Å². The predicted octanol–water partition coefficient (Wildman–Crippen LogP) is 2.71. The minimum atomic E-state index is 0.784. The van der Waals surface area contributed by atoms with Gasteiger partial charge in [0.15, 0.2) is 0 Å². The van der Waals surface area contributed by atoms with Crippen LogP contribution in [0.3, 0.4) is 0 Å². The molecular weight excluding hydrogens is 178 g/mol. The van der Waals surface area contributed by atoms with Crippen LogP contribution in [0, 0.1) is 0 Å². The molecule has 2 heteroatoms. The smallest absolute Gasteiger partial charge is 0.0304 e. The van der Waals surface area contributed by atoms with Crippen LogP contribution in [0.1, 0.15) is 26.2 Å². The van der Waals surface area contributed by atoms with Crippen LogP contribution in [-0.4, -0.2) is 18.3 Å². The van der Waals surface area contributed by atoms with E-state index in [1.165, 1.54) is 30.7 Å². The molecule has 1 atom stereocenters. The minimum absolute atomic E-state index is 0.784. The lowest BCUT2D eigenvalue weighted by Crippen LogP contribution is -2.24. The van der Waals surface area contributed by atoms with Crippen molar-refractivity contribution in [3.63, 3.8) is 0 Å². The maximum atomic E-state index is 3.36. The largest absolute Gasteiger partial charge is 0.313 e. The lowest BCUT2D eigenvalue weighted by Gasteiger charge is -2.25. The summed E-state index contributed by atoms with van der Waals surface area (Å²) >= 11 is 2.06. The van der Waals surface area contributed by atoms with E-state index in [2.05, 4.69) is 36.2 Å². The zero-order valence-electron chi connectivity index (χ0n) is 8.18. The fourth-order valence-electron chi connectivity index (χ4n) is 1.96. The van der Waals surface area contributed by atoms with Gasteiger partial charge in [0.2, 0.25) is 0 Å². The van der Waals surface area contributed by atoms with Crippen molar-refractivity contribution in [2.45, 2.75) is 31.4 Å². The van der Waals surface area contributed by atoms with E-state index in [1.807, 2.05) is 0 Å². The molecule has 0 radical (unpaired) electrons. The Hall–Kier alpha value is -0.210. The Balaban J connectivity index is 2.00. The Kier molecular flexibility index (Phi) is 3.12. The van der Waals surface area contributed by atoms with Crippen LogP contribution in [0.4, 0.5) is 0 Å². The molecule has 1 unspecified atom stereocenters. The Morgan fingerprint density at radius 2 is 2.38 bits per heavy atom.